The molecule has 0 rings (SSSR count). The van der Waals surface area contributed by atoms with Crippen LogP contribution >= 0.6 is 0 Å². The third-order valence-electron chi connectivity index (χ3n) is 2.85. The monoisotopic (exact) mass is 276 g/mol. The Morgan fingerprint density at radius 1 is 0.737 bits per heavy atom. The molecule has 115 valence electrons. The van der Waals surface area contributed by atoms with E-state index in [4.69, 9.17) is 18.9 Å². The summed E-state index contributed by atoms with van der Waals surface area (Å²) >= 11 is 0. The molecule has 0 saturated heterocycles. The average molecular weight is 276 g/mol. The molecular formula is C14H30NO4. The van der Waals surface area contributed by atoms with Gasteiger partial charge in [-0.25, -0.2) is 0 Å². The molecule has 5 heteroatoms. The van der Waals surface area contributed by atoms with Crippen LogP contribution in [0, 0.1) is 0 Å². The van der Waals surface area contributed by atoms with E-state index in [0.717, 1.165) is 12.8 Å². The molecule has 0 aliphatic heterocycles. The van der Waals surface area contributed by atoms with Crippen molar-refractivity contribution in [3.05, 3.63) is 0 Å². The highest BCUT2D eigenvalue weighted by molar-refractivity contribution is 4.75. The number of methoxy groups -OCH3 is 2. The van der Waals surface area contributed by atoms with Crippen molar-refractivity contribution in [2.75, 3.05) is 27.4 Å². The molecule has 19 heavy (non-hydrogen) atoms. The zero-order valence-electron chi connectivity index (χ0n) is 13.3. The molecule has 2 atom stereocenters. The fourth-order valence-corrected chi connectivity index (χ4v) is 2.08. The molecule has 0 saturated carbocycles. The zero-order chi connectivity index (χ0) is 14.8. The van der Waals surface area contributed by atoms with Gasteiger partial charge in [-0.15, -0.1) is 5.32 Å². The first-order valence-electron chi connectivity index (χ1n) is 7.19. The van der Waals surface area contributed by atoms with Gasteiger partial charge in [-0.2, -0.15) is 0 Å². The number of ether oxygens (including phenoxy) is 4. The topological polar surface area (TPSA) is 51.0 Å². The molecular weight excluding hydrogens is 246 g/mol. The number of hydrogen-bond acceptors (Lipinski definition) is 4. The van der Waals surface area contributed by atoms with Crippen molar-refractivity contribution >= 4 is 0 Å². The van der Waals surface area contributed by atoms with E-state index in [0.29, 0.717) is 26.1 Å². The summed E-state index contributed by atoms with van der Waals surface area (Å²) in [7, 11) is 3.21. The van der Waals surface area contributed by atoms with Crippen molar-refractivity contribution in [3.8, 4) is 0 Å². The lowest BCUT2D eigenvalue weighted by atomic mass is 10.2. The van der Waals surface area contributed by atoms with Gasteiger partial charge in [0.25, 0.3) is 0 Å². The first-order valence-corrected chi connectivity index (χ1v) is 7.19. The Morgan fingerprint density at radius 3 is 1.32 bits per heavy atom. The van der Waals surface area contributed by atoms with E-state index in [-0.39, 0.29) is 0 Å². The third-order valence-corrected chi connectivity index (χ3v) is 2.85. The Bertz CT molecular complexity index is 189. The second kappa shape index (κ2) is 9.66. The van der Waals surface area contributed by atoms with Crippen molar-refractivity contribution in [2.24, 2.45) is 0 Å². The second-order valence-electron chi connectivity index (χ2n) is 4.31. The predicted molar refractivity (Wildman–Crippen MR) is 74.7 cm³/mol. The highest BCUT2D eigenvalue weighted by atomic mass is 16.8. The van der Waals surface area contributed by atoms with E-state index in [2.05, 4.69) is 19.2 Å². The molecule has 0 aliphatic rings. The Morgan fingerprint density at radius 2 is 1.11 bits per heavy atom. The van der Waals surface area contributed by atoms with Crippen LogP contribution in [0.25, 0.3) is 0 Å². The molecule has 0 heterocycles. The zero-order valence-corrected chi connectivity index (χ0v) is 13.3. The highest BCUT2D eigenvalue weighted by Gasteiger charge is 2.43. The third kappa shape index (κ3) is 5.75. The van der Waals surface area contributed by atoms with E-state index in [9.17, 15) is 0 Å². The molecule has 0 fully saturated rings. The fraction of sp³-hybridized carbons (Fsp3) is 1.00. The summed E-state index contributed by atoms with van der Waals surface area (Å²) in [5, 5.41) is 4.65. The molecule has 0 aromatic heterocycles. The van der Waals surface area contributed by atoms with Crippen LogP contribution in [0.3, 0.4) is 0 Å². The van der Waals surface area contributed by atoms with Crippen molar-refractivity contribution in [2.45, 2.75) is 65.2 Å². The Labute approximate surface area is 117 Å². The van der Waals surface area contributed by atoms with E-state index < -0.39 is 11.8 Å². The van der Waals surface area contributed by atoms with Crippen LogP contribution in [-0.4, -0.2) is 39.3 Å². The van der Waals surface area contributed by atoms with Crippen molar-refractivity contribution in [3.63, 3.8) is 0 Å². The van der Waals surface area contributed by atoms with Crippen LogP contribution in [-0.2, 0) is 18.9 Å². The summed E-state index contributed by atoms with van der Waals surface area (Å²) in [4.78, 5) is 0. The summed E-state index contributed by atoms with van der Waals surface area (Å²) in [6.45, 7) is 9.03. The van der Waals surface area contributed by atoms with Crippen molar-refractivity contribution in [1.29, 1.82) is 0 Å². The maximum absolute atomic E-state index is 5.72. The maximum atomic E-state index is 5.72. The highest BCUT2D eigenvalue weighted by Crippen LogP contribution is 2.27. The summed E-state index contributed by atoms with van der Waals surface area (Å²) in [6, 6.07) is 0. The van der Waals surface area contributed by atoms with Crippen LogP contribution in [0.4, 0.5) is 0 Å². The Kier molecular flexibility index (Phi) is 9.56. The van der Waals surface area contributed by atoms with Gasteiger partial charge in [0.1, 0.15) is 0 Å². The van der Waals surface area contributed by atoms with Gasteiger partial charge in [-0.1, -0.05) is 13.8 Å². The maximum Gasteiger partial charge on any atom is 0.247 e. The van der Waals surface area contributed by atoms with Crippen molar-refractivity contribution < 1.29 is 18.9 Å². The molecule has 0 aliphatic carbocycles. The van der Waals surface area contributed by atoms with Crippen LogP contribution in [0.5, 0.6) is 0 Å². The molecule has 5 nitrogen and oxygen atoms in total. The van der Waals surface area contributed by atoms with Gasteiger partial charge in [0.05, 0.1) is 0 Å². The lowest BCUT2D eigenvalue weighted by Gasteiger charge is -2.40. The minimum Gasteiger partial charge on any atom is -0.340 e. The number of hydrogen-bond donors (Lipinski definition) is 0. The predicted octanol–water partition coefficient (Wildman–Crippen LogP) is 2.86. The molecule has 0 aromatic carbocycles. The first-order chi connectivity index (χ1) is 9.07. The lowest BCUT2D eigenvalue weighted by Crippen LogP contribution is -2.57. The molecule has 0 aromatic rings. The molecule has 0 N–H and O–H groups in total. The van der Waals surface area contributed by atoms with Gasteiger partial charge < -0.3 is 18.9 Å². The standard InChI is InChI=1S/C14H30NO4/c1-7-11-13(16-5,18-9-3)15-14(17-6,12-8-2)19-10-4/h7-12H2,1-6H3. The van der Waals surface area contributed by atoms with Crippen LogP contribution < -0.4 is 5.32 Å². The van der Waals surface area contributed by atoms with Crippen LogP contribution in [0.15, 0.2) is 0 Å². The first kappa shape index (κ1) is 18.8. The van der Waals surface area contributed by atoms with Crippen molar-refractivity contribution in [1.82, 2.24) is 5.32 Å². The van der Waals surface area contributed by atoms with E-state index >= 15 is 0 Å². The van der Waals surface area contributed by atoms with Gasteiger partial charge in [-0.05, 0) is 26.7 Å². The molecule has 0 bridgehead atoms. The smallest absolute Gasteiger partial charge is 0.247 e. The van der Waals surface area contributed by atoms with Gasteiger partial charge in [-0.3, -0.25) is 0 Å². The lowest BCUT2D eigenvalue weighted by molar-refractivity contribution is -0.338. The normalized spacial score (nSPS) is 18.0. The van der Waals surface area contributed by atoms with Gasteiger partial charge in [0.2, 0.25) is 11.8 Å². The summed E-state index contributed by atoms with van der Waals surface area (Å²) < 4.78 is 22.5. The van der Waals surface area contributed by atoms with Gasteiger partial charge in [0.15, 0.2) is 0 Å². The molecule has 0 amide bonds. The van der Waals surface area contributed by atoms with Gasteiger partial charge >= 0.3 is 0 Å². The van der Waals surface area contributed by atoms with Gasteiger partial charge in [0, 0.05) is 40.3 Å². The second-order valence-corrected chi connectivity index (χ2v) is 4.31. The van der Waals surface area contributed by atoms with E-state index in [1.54, 1.807) is 14.2 Å². The van der Waals surface area contributed by atoms with Crippen LogP contribution in [0.1, 0.15) is 53.4 Å². The van der Waals surface area contributed by atoms with Crippen LogP contribution in [0.2, 0.25) is 0 Å². The average Bonchev–Trinajstić information content (AvgIpc) is 2.39. The molecule has 2 unspecified atom stereocenters. The van der Waals surface area contributed by atoms with E-state index in [1.807, 2.05) is 13.8 Å². The summed E-state index contributed by atoms with van der Waals surface area (Å²) in [6.07, 6.45) is 3.13. The minimum absolute atomic E-state index is 0.523. The summed E-state index contributed by atoms with van der Waals surface area (Å²) in [5.41, 5.74) is 0. The Hall–Kier alpha value is -0.200. The quantitative estimate of drug-likeness (QED) is 0.514. The molecule has 1 radical (unpaired) electrons. The molecule has 0 spiro atoms. The largest absolute Gasteiger partial charge is 0.340 e. The fourth-order valence-electron chi connectivity index (χ4n) is 2.08. The number of nitrogens with zero attached hydrogens (tertiary/aromatic N) is 1. The SMILES string of the molecule is CCCC([N]C(CCC)(OC)OCC)(OC)OCC. The number of rotatable bonds is 12. The summed E-state index contributed by atoms with van der Waals surface area (Å²) in [5.74, 6) is -1.99. The Balaban J connectivity index is 5.08. The van der Waals surface area contributed by atoms with E-state index in [1.165, 1.54) is 0 Å². The minimum atomic E-state index is -0.996.